The quantitative estimate of drug-likeness (QED) is 0.779. The number of hydrogen-bond acceptors (Lipinski definition) is 3. The summed E-state index contributed by atoms with van der Waals surface area (Å²) in [6.07, 6.45) is 3.42. The average molecular weight is 352 g/mol. The third-order valence-corrected chi connectivity index (χ3v) is 7.14. The molecule has 3 nitrogen and oxygen atoms in total. The fraction of sp³-hybridized carbons (Fsp3) is 0.700. The van der Waals surface area contributed by atoms with Crippen molar-refractivity contribution >= 4 is 11.6 Å². The molecular weight excluding hydrogens is 322 g/mol. The molecule has 0 aromatic heterocycles. The van der Waals surface area contributed by atoms with Crippen molar-refractivity contribution in [3.05, 3.63) is 34.9 Å². The second-order valence-electron chi connectivity index (χ2n) is 8.37. The minimum Gasteiger partial charge on any atom is -0.389 e. The normalized spacial score (nSPS) is 32.2. The lowest BCUT2D eigenvalue weighted by Gasteiger charge is -2.40. The van der Waals surface area contributed by atoms with Crippen molar-refractivity contribution in [3.63, 3.8) is 0 Å². The molecular formula is C20H30ClNO2. The van der Waals surface area contributed by atoms with Gasteiger partial charge in [0.15, 0.2) is 0 Å². The highest BCUT2D eigenvalue weighted by molar-refractivity contribution is 6.30. The zero-order chi connectivity index (χ0) is 17.4. The lowest BCUT2D eigenvalue weighted by Crippen LogP contribution is -2.47. The first-order valence-electron chi connectivity index (χ1n) is 9.06. The molecule has 4 heteroatoms. The van der Waals surface area contributed by atoms with Crippen molar-refractivity contribution in [2.24, 2.45) is 16.7 Å². The smallest absolute Gasteiger partial charge is 0.0897 e. The summed E-state index contributed by atoms with van der Waals surface area (Å²) in [6.45, 7) is 8.71. The lowest BCUT2D eigenvalue weighted by atomic mass is 9.69. The molecule has 0 spiro atoms. The Morgan fingerprint density at radius 3 is 2.58 bits per heavy atom. The van der Waals surface area contributed by atoms with Gasteiger partial charge in [0.05, 0.1) is 19.3 Å². The summed E-state index contributed by atoms with van der Waals surface area (Å²) in [5.74, 6) is 0.818. The minimum absolute atomic E-state index is 0.349. The van der Waals surface area contributed by atoms with Gasteiger partial charge in [0.1, 0.15) is 0 Å². The minimum atomic E-state index is -0.469. The van der Waals surface area contributed by atoms with Crippen molar-refractivity contribution in [1.82, 2.24) is 5.32 Å². The van der Waals surface area contributed by atoms with Crippen LogP contribution in [0.2, 0.25) is 5.02 Å². The zero-order valence-electron chi connectivity index (χ0n) is 15.0. The summed E-state index contributed by atoms with van der Waals surface area (Å²) < 4.78 is 5.63. The molecule has 2 N–H and O–H groups in total. The van der Waals surface area contributed by atoms with Gasteiger partial charge in [0.2, 0.25) is 0 Å². The van der Waals surface area contributed by atoms with Gasteiger partial charge < -0.3 is 15.2 Å². The van der Waals surface area contributed by atoms with Gasteiger partial charge in [-0.2, -0.15) is 0 Å². The zero-order valence-corrected chi connectivity index (χ0v) is 15.8. The third-order valence-electron chi connectivity index (χ3n) is 6.89. The van der Waals surface area contributed by atoms with Gasteiger partial charge in [-0.3, -0.25) is 0 Å². The fourth-order valence-corrected chi connectivity index (χ4v) is 4.87. The highest BCUT2D eigenvalue weighted by atomic mass is 35.5. The van der Waals surface area contributed by atoms with E-state index in [1.807, 2.05) is 24.3 Å². The molecule has 0 unspecified atom stereocenters. The number of fused-ring (bicyclic) bond motifs is 2. The molecule has 0 saturated heterocycles. The summed E-state index contributed by atoms with van der Waals surface area (Å²) in [7, 11) is 0. The predicted molar refractivity (Wildman–Crippen MR) is 98.1 cm³/mol. The number of aliphatic hydroxyl groups is 1. The maximum Gasteiger partial charge on any atom is 0.0897 e. The molecule has 4 atom stereocenters. The highest BCUT2D eigenvalue weighted by Gasteiger charge is 2.60. The van der Waals surface area contributed by atoms with Crippen LogP contribution < -0.4 is 5.32 Å². The lowest BCUT2D eigenvalue weighted by molar-refractivity contribution is 0.0231. The summed E-state index contributed by atoms with van der Waals surface area (Å²) in [6, 6.07) is 8.12. The van der Waals surface area contributed by atoms with E-state index in [0.717, 1.165) is 16.5 Å². The van der Waals surface area contributed by atoms with E-state index in [0.29, 0.717) is 36.6 Å². The molecule has 0 radical (unpaired) electrons. The second kappa shape index (κ2) is 6.95. The number of hydrogen-bond donors (Lipinski definition) is 2. The van der Waals surface area contributed by atoms with E-state index in [9.17, 15) is 5.11 Å². The maximum absolute atomic E-state index is 10.2. The van der Waals surface area contributed by atoms with E-state index in [-0.39, 0.29) is 0 Å². The molecule has 0 amide bonds. The van der Waals surface area contributed by atoms with E-state index in [2.05, 4.69) is 26.1 Å². The van der Waals surface area contributed by atoms with Crippen LogP contribution >= 0.6 is 11.6 Å². The Labute approximate surface area is 150 Å². The fourth-order valence-electron chi connectivity index (χ4n) is 4.74. The Kier molecular flexibility index (Phi) is 5.27. The molecule has 0 heterocycles. The Hall–Kier alpha value is -0.610. The molecule has 2 aliphatic carbocycles. The van der Waals surface area contributed by atoms with Crippen molar-refractivity contribution in [3.8, 4) is 0 Å². The molecule has 2 bridgehead atoms. The van der Waals surface area contributed by atoms with E-state index in [1.54, 1.807) is 0 Å². The third kappa shape index (κ3) is 3.37. The number of benzene rings is 1. The topological polar surface area (TPSA) is 41.5 Å². The van der Waals surface area contributed by atoms with Crippen molar-refractivity contribution in [2.75, 3.05) is 13.2 Å². The molecule has 2 saturated carbocycles. The second-order valence-corrected chi connectivity index (χ2v) is 8.80. The molecule has 3 rings (SSSR count). The number of ether oxygens (including phenoxy) is 1. The summed E-state index contributed by atoms with van der Waals surface area (Å²) in [5, 5.41) is 14.6. The van der Waals surface area contributed by atoms with Gasteiger partial charge in [-0.1, -0.05) is 44.5 Å². The SMILES string of the molecule is CC1(C)[C@H]2CC[C@@]1(C)[C@@H](NC[C@H](O)COCc1ccc(Cl)cc1)C2. The Morgan fingerprint density at radius 1 is 1.29 bits per heavy atom. The molecule has 134 valence electrons. The Bertz CT molecular complexity index is 559. The molecule has 24 heavy (non-hydrogen) atoms. The summed E-state index contributed by atoms with van der Waals surface area (Å²) >= 11 is 5.87. The first-order valence-corrected chi connectivity index (χ1v) is 9.44. The van der Waals surface area contributed by atoms with E-state index >= 15 is 0 Å². The number of rotatable bonds is 7. The van der Waals surface area contributed by atoms with E-state index in [4.69, 9.17) is 16.3 Å². The molecule has 2 aliphatic rings. The van der Waals surface area contributed by atoms with Crippen LogP contribution in [0, 0.1) is 16.7 Å². The van der Waals surface area contributed by atoms with Gasteiger partial charge in [-0.15, -0.1) is 0 Å². The molecule has 1 aromatic carbocycles. The predicted octanol–water partition coefficient (Wildman–Crippen LogP) is 4.02. The highest BCUT2D eigenvalue weighted by Crippen LogP contribution is 2.65. The van der Waals surface area contributed by atoms with Gasteiger partial charge in [0.25, 0.3) is 0 Å². The van der Waals surface area contributed by atoms with E-state index < -0.39 is 6.10 Å². The van der Waals surface area contributed by atoms with Crippen LogP contribution in [0.3, 0.4) is 0 Å². The van der Waals surface area contributed by atoms with Gasteiger partial charge in [-0.25, -0.2) is 0 Å². The monoisotopic (exact) mass is 351 g/mol. The molecule has 2 fully saturated rings. The van der Waals surface area contributed by atoms with Gasteiger partial charge in [-0.05, 0) is 53.7 Å². The van der Waals surface area contributed by atoms with Crippen LogP contribution in [-0.2, 0) is 11.3 Å². The first-order chi connectivity index (χ1) is 11.3. The number of nitrogens with one attached hydrogen (secondary N) is 1. The first kappa shape index (κ1) is 18.2. The van der Waals surface area contributed by atoms with Crippen LogP contribution in [-0.4, -0.2) is 30.4 Å². The summed E-state index contributed by atoms with van der Waals surface area (Å²) in [4.78, 5) is 0. The largest absolute Gasteiger partial charge is 0.389 e. The number of halogens is 1. The van der Waals surface area contributed by atoms with Gasteiger partial charge >= 0.3 is 0 Å². The average Bonchev–Trinajstić information content (AvgIpc) is 2.88. The Balaban J connectivity index is 1.40. The standard InChI is InChI=1S/C20H30ClNO2/c1-19(2)15-8-9-20(19,3)18(10-15)22-11-17(23)13-24-12-14-4-6-16(21)7-5-14/h4-7,15,17-18,22-23H,8-13H2,1-3H3/t15-,17-,18-,20-/m0/s1. The molecule has 1 aromatic rings. The van der Waals surface area contributed by atoms with Crippen molar-refractivity contribution < 1.29 is 9.84 Å². The summed E-state index contributed by atoms with van der Waals surface area (Å²) in [5.41, 5.74) is 1.82. The maximum atomic E-state index is 10.2. The van der Waals surface area contributed by atoms with Crippen LogP contribution in [0.25, 0.3) is 0 Å². The van der Waals surface area contributed by atoms with Crippen LogP contribution in [0.15, 0.2) is 24.3 Å². The van der Waals surface area contributed by atoms with Crippen LogP contribution in [0.1, 0.15) is 45.6 Å². The van der Waals surface area contributed by atoms with Crippen LogP contribution in [0.4, 0.5) is 0 Å². The van der Waals surface area contributed by atoms with E-state index in [1.165, 1.54) is 19.3 Å². The van der Waals surface area contributed by atoms with Gasteiger partial charge in [0, 0.05) is 17.6 Å². The van der Waals surface area contributed by atoms with Crippen LogP contribution in [0.5, 0.6) is 0 Å². The molecule has 0 aliphatic heterocycles. The number of aliphatic hydroxyl groups excluding tert-OH is 1. The van der Waals surface area contributed by atoms with Crippen molar-refractivity contribution in [1.29, 1.82) is 0 Å². The Morgan fingerprint density at radius 2 is 2.00 bits per heavy atom. The van der Waals surface area contributed by atoms with Crippen molar-refractivity contribution in [2.45, 2.75) is 58.8 Å².